The minimum Gasteiger partial charge on any atom is -0.478 e. The smallest absolute Gasteiger partial charge is 0.347 e. The summed E-state index contributed by atoms with van der Waals surface area (Å²) >= 11 is 0. The summed E-state index contributed by atoms with van der Waals surface area (Å²) < 4.78 is 12.1. The van der Waals surface area contributed by atoms with Crippen molar-refractivity contribution in [2.75, 3.05) is 19.7 Å². The SMILES string of the molecule is CCOC(=O)[C@H](C)Oc1cccc2c(=O)n(CC(=O)N3CCC(C)CC3)ccc12. The third-order valence-corrected chi connectivity index (χ3v) is 5.34. The zero-order chi connectivity index (χ0) is 21.0. The summed E-state index contributed by atoms with van der Waals surface area (Å²) in [5.41, 5.74) is -0.254. The highest BCUT2D eigenvalue weighted by molar-refractivity contribution is 5.88. The number of ether oxygens (including phenoxy) is 2. The van der Waals surface area contributed by atoms with Crippen molar-refractivity contribution < 1.29 is 19.1 Å². The first kappa shape index (κ1) is 20.9. The minimum atomic E-state index is -0.786. The number of esters is 1. The van der Waals surface area contributed by atoms with Crippen molar-refractivity contribution in [3.8, 4) is 5.75 Å². The molecule has 1 aliphatic rings. The molecule has 2 aromatic rings. The van der Waals surface area contributed by atoms with Crippen molar-refractivity contribution in [1.82, 2.24) is 9.47 Å². The van der Waals surface area contributed by atoms with Crippen LogP contribution in [0, 0.1) is 5.92 Å². The number of pyridine rings is 1. The molecule has 7 heteroatoms. The predicted octanol–water partition coefficient (Wildman–Crippen LogP) is 2.59. The molecule has 1 saturated heterocycles. The second-order valence-electron chi connectivity index (χ2n) is 7.54. The Hall–Kier alpha value is -2.83. The lowest BCUT2D eigenvalue weighted by atomic mass is 9.99. The molecular formula is C22H28N2O5. The number of hydrogen-bond donors (Lipinski definition) is 0. The van der Waals surface area contributed by atoms with Gasteiger partial charge in [0, 0.05) is 24.7 Å². The van der Waals surface area contributed by atoms with E-state index in [1.807, 2.05) is 4.90 Å². The summed E-state index contributed by atoms with van der Waals surface area (Å²) in [6, 6.07) is 6.86. The third-order valence-electron chi connectivity index (χ3n) is 5.34. The van der Waals surface area contributed by atoms with Gasteiger partial charge in [0.2, 0.25) is 5.91 Å². The van der Waals surface area contributed by atoms with Gasteiger partial charge in [-0.1, -0.05) is 13.0 Å². The number of rotatable bonds is 6. The molecular weight excluding hydrogens is 372 g/mol. The fourth-order valence-electron chi connectivity index (χ4n) is 3.52. The summed E-state index contributed by atoms with van der Waals surface area (Å²) in [6.07, 6.45) is 2.82. The van der Waals surface area contributed by atoms with E-state index in [9.17, 15) is 14.4 Å². The molecule has 0 spiro atoms. The molecule has 0 N–H and O–H groups in total. The number of fused-ring (bicyclic) bond motifs is 1. The first-order chi connectivity index (χ1) is 13.9. The van der Waals surface area contributed by atoms with Gasteiger partial charge in [-0.15, -0.1) is 0 Å². The Bertz CT molecular complexity index is 944. The van der Waals surface area contributed by atoms with E-state index < -0.39 is 12.1 Å². The number of carbonyl (C=O) groups is 2. The molecule has 1 aliphatic heterocycles. The Morgan fingerprint density at radius 1 is 1.17 bits per heavy atom. The van der Waals surface area contributed by atoms with E-state index in [1.54, 1.807) is 44.3 Å². The van der Waals surface area contributed by atoms with Gasteiger partial charge in [-0.2, -0.15) is 0 Å². The van der Waals surface area contributed by atoms with Crippen molar-refractivity contribution in [3.63, 3.8) is 0 Å². The fourth-order valence-corrected chi connectivity index (χ4v) is 3.52. The largest absolute Gasteiger partial charge is 0.478 e. The number of likely N-dealkylation sites (tertiary alicyclic amines) is 1. The second-order valence-corrected chi connectivity index (χ2v) is 7.54. The fraction of sp³-hybridized carbons (Fsp3) is 0.500. The number of piperidine rings is 1. The molecule has 2 heterocycles. The Labute approximate surface area is 170 Å². The van der Waals surface area contributed by atoms with Gasteiger partial charge in [-0.3, -0.25) is 9.59 Å². The number of carbonyl (C=O) groups excluding carboxylic acids is 2. The Kier molecular flexibility index (Phi) is 6.56. The first-order valence-corrected chi connectivity index (χ1v) is 10.1. The highest BCUT2D eigenvalue weighted by atomic mass is 16.6. The normalized spacial score (nSPS) is 15.9. The summed E-state index contributed by atoms with van der Waals surface area (Å²) in [4.78, 5) is 39.2. The van der Waals surface area contributed by atoms with Crippen LogP contribution in [-0.2, 0) is 20.9 Å². The van der Waals surface area contributed by atoms with Gasteiger partial charge >= 0.3 is 5.97 Å². The van der Waals surface area contributed by atoms with Gasteiger partial charge in [-0.05, 0) is 50.8 Å². The minimum absolute atomic E-state index is 0.0213. The summed E-state index contributed by atoms with van der Waals surface area (Å²) in [6.45, 7) is 7.31. The van der Waals surface area contributed by atoms with Gasteiger partial charge in [0.25, 0.3) is 5.56 Å². The van der Waals surface area contributed by atoms with Gasteiger partial charge in [-0.25, -0.2) is 4.79 Å². The number of nitrogens with zero attached hydrogens (tertiary/aromatic N) is 2. The van der Waals surface area contributed by atoms with Crippen molar-refractivity contribution >= 4 is 22.6 Å². The van der Waals surface area contributed by atoms with E-state index in [0.717, 1.165) is 25.9 Å². The monoisotopic (exact) mass is 400 g/mol. The molecule has 7 nitrogen and oxygen atoms in total. The maximum Gasteiger partial charge on any atom is 0.347 e. The van der Waals surface area contributed by atoms with Crippen LogP contribution in [0.2, 0.25) is 0 Å². The van der Waals surface area contributed by atoms with Crippen LogP contribution in [-0.4, -0.2) is 47.1 Å². The number of amides is 1. The van der Waals surface area contributed by atoms with Gasteiger partial charge in [0.15, 0.2) is 6.10 Å². The number of benzene rings is 1. The molecule has 0 aliphatic carbocycles. The van der Waals surface area contributed by atoms with Crippen molar-refractivity contribution in [2.45, 2.75) is 46.3 Å². The van der Waals surface area contributed by atoms with Crippen LogP contribution >= 0.6 is 0 Å². The molecule has 1 amide bonds. The van der Waals surface area contributed by atoms with E-state index in [0.29, 0.717) is 22.4 Å². The molecule has 0 bridgehead atoms. The first-order valence-electron chi connectivity index (χ1n) is 10.1. The average Bonchev–Trinajstić information content (AvgIpc) is 2.71. The summed E-state index contributed by atoms with van der Waals surface area (Å²) in [5, 5.41) is 1.05. The van der Waals surface area contributed by atoms with Gasteiger partial charge in [0.05, 0.1) is 12.0 Å². The Morgan fingerprint density at radius 2 is 1.90 bits per heavy atom. The van der Waals surface area contributed by atoms with E-state index in [2.05, 4.69) is 6.92 Å². The highest BCUT2D eigenvalue weighted by Gasteiger charge is 2.21. The predicted molar refractivity (Wildman–Crippen MR) is 110 cm³/mol. The van der Waals surface area contributed by atoms with E-state index in [-0.39, 0.29) is 24.6 Å². The van der Waals surface area contributed by atoms with Crippen LogP contribution in [0.1, 0.15) is 33.6 Å². The highest BCUT2D eigenvalue weighted by Crippen LogP contribution is 2.24. The second kappa shape index (κ2) is 9.11. The van der Waals surface area contributed by atoms with Crippen LogP contribution in [0.5, 0.6) is 5.75 Å². The molecule has 3 rings (SSSR count). The number of aromatic nitrogens is 1. The molecule has 156 valence electrons. The van der Waals surface area contributed by atoms with E-state index >= 15 is 0 Å². The quantitative estimate of drug-likeness (QED) is 0.697. The summed E-state index contributed by atoms with van der Waals surface area (Å²) in [5.74, 6) is 0.572. The number of hydrogen-bond acceptors (Lipinski definition) is 5. The molecule has 0 radical (unpaired) electrons. The lowest BCUT2D eigenvalue weighted by Gasteiger charge is -2.30. The third kappa shape index (κ3) is 4.78. The molecule has 0 saturated carbocycles. The van der Waals surface area contributed by atoms with Crippen LogP contribution in [0.4, 0.5) is 0 Å². The lowest BCUT2D eigenvalue weighted by Crippen LogP contribution is -2.41. The van der Waals surface area contributed by atoms with Crippen LogP contribution in [0.15, 0.2) is 35.3 Å². The molecule has 1 aromatic carbocycles. The van der Waals surface area contributed by atoms with Crippen molar-refractivity contribution in [1.29, 1.82) is 0 Å². The standard InChI is InChI=1S/C22H28N2O5/c1-4-28-22(27)16(3)29-19-7-5-6-18-17(19)10-13-24(21(18)26)14-20(25)23-11-8-15(2)9-12-23/h5-7,10,13,15-16H,4,8-9,11-12,14H2,1-3H3/t16-/m0/s1. The van der Waals surface area contributed by atoms with Crippen LogP contribution in [0.3, 0.4) is 0 Å². The zero-order valence-corrected chi connectivity index (χ0v) is 17.2. The molecule has 1 aromatic heterocycles. The Balaban J connectivity index is 1.80. The van der Waals surface area contributed by atoms with E-state index in [4.69, 9.17) is 9.47 Å². The summed E-state index contributed by atoms with van der Waals surface area (Å²) in [7, 11) is 0. The van der Waals surface area contributed by atoms with Crippen LogP contribution in [0.25, 0.3) is 10.8 Å². The molecule has 29 heavy (non-hydrogen) atoms. The van der Waals surface area contributed by atoms with Crippen molar-refractivity contribution in [2.24, 2.45) is 5.92 Å². The maximum absolute atomic E-state index is 12.9. The Morgan fingerprint density at radius 3 is 2.59 bits per heavy atom. The van der Waals surface area contributed by atoms with Gasteiger partial charge in [0.1, 0.15) is 12.3 Å². The average molecular weight is 400 g/mol. The maximum atomic E-state index is 12.9. The zero-order valence-electron chi connectivity index (χ0n) is 17.2. The molecule has 1 atom stereocenters. The topological polar surface area (TPSA) is 77.8 Å². The van der Waals surface area contributed by atoms with E-state index in [1.165, 1.54) is 4.57 Å². The van der Waals surface area contributed by atoms with Crippen molar-refractivity contribution in [3.05, 3.63) is 40.8 Å². The van der Waals surface area contributed by atoms with Gasteiger partial charge < -0.3 is 18.9 Å². The molecule has 1 fully saturated rings. The molecule has 0 unspecified atom stereocenters. The lowest BCUT2D eigenvalue weighted by molar-refractivity contribution is -0.150. The van der Waals surface area contributed by atoms with Crippen LogP contribution < -0.4 is 10.3 Å².